The number of thioether (sulfide) groups is 1. The summed E-state index contributed by atoms with van der Waals surface area (Å²) in [6.07, 6.45) is 0. The van der Waals surface area contributed by atoms with Crippen molar-refractivity contribution in [3.8, 4) is 5.69 Å². The van der Waals surface area contributed by atoms with Gasteiger partial charge in [-0.2, -0.15) is 4.68 Å². The topological polar surface area (TPSA) is 72.7 Å². The van der Waals surface area contributed by atoms with Crippen molar-refractivity contribution in [1.82, 2.24) is 25.5 Å². The molecular weight excluding hydrogens is 370 g/mol. The van der Waals surface area contributed by atoms with E-state index in [1.807, 2.05) is 55.5 Å². The Balaban J connectivity index is 1.42. The van der Waals surface area contributed by atoms with Crippen molar-refractivity contribution in [1.29, 1.82) is 0 Å². The van der Waals surface area contributed by atoms with Crippen LogP contribution in [0.2, 0.25) is 0 Å². The summed E-state index contributed by atoms with van der Waals surface area (Å²) in [5.41, 5.74) is 1.96. The van der Waals surface area contributed by atoms with Gasteiger partial charge >= 0.3 is 0 Å². The number of carbonyl (C=O) groups is 1. The van der Waals surface area contributed by atoms with Crippen LogP contribution in [0.5, 0.6) is 0 Å². The lowest BCUT2D eigenvalue weighted by atomic mass is 10.00. The van der Waals surface area contributed by atoms with Gasteiger partial charge in [0.25, 0.3) is 0 Å². The van der Waals surface area contributed by atoms with E-state index in [0.717, 1.165) is 22.0 Å². The van der Waals surface area contributed by atoms with Crippen LogP contribution in [0.4, 0.5) is 0 Å². The quantitative estimate of drug-likeness (QED) is 0.508. The van der Waals surface area contributed by atoms with E-state index in [2.05, 4.69) is 45.1 Å². The fraction of sp³-hybridized carbons (Fsp3) is 0.143. The van der Waals surface area contributed by atoms with Crippen molar-refractivity contribution in [2.24, 2.45) is 0 Å². The van der Waals surface area contributed by atoms with Gasteiger partial charge in [-0.15, -0.1) is 5.10 Å². The third-order valence-electron chi connectivity index (χ3n) is 4.44. The van der Waals surface area contributed by atoms with Crippen molar-refractivity contribution in [3.63, 3.8) is 0 Å². The van der Waals surface area contributed by atoms with E-state index < -0.39 is 0 Å². The van der Waals surface area contributed by atoms with Crippen molar-refractivity contribution in [2.45, 2.75) is 18.1 Å². The molecule has 4 rings (SSSR count). The zero-order valence-electron chi connectivity index (χ0n) is 15.3. The molecule has 0 aliphatic heterocycles. The number of fused-ring (bicyclic) bond motifs is 1. The van der Waals surface area contributed by atoms with Gasteiger partial charge in [0, 0.05) is 0 Å². The summed E-state index contributed by atoms with van der Waals surface area (Å²) >= 11 is 1.31. The number of para-hydroxylation sites is 1. The minimum atomic E-state index is -0.0932. The molecule has 0 aliphatic carbocycles. The van der Waals surface area contributed by atoms with Crippen molar-refractivity contribution < 1.29 is 4.79 Å². The van der Waals surface area contributed by atoms with E-state index in [0.29, 0.717) is 5.16 Å². The highest BCUT2D eigenvalue weighted by molar-refractivity contribution is 7.99. The van der Waals surface area contributed by atoms with Gasteiger partial charge in [-0.25, -0.2) is 0 Å². The second-order valence-corrected chi connectivity index (χ2v) is 7.30. The predicted octanol–water partition coefficient (Wildman–Crippen LogP) is 3.79. The normalized spacial score (nSPS) is 12.0. The van der Waals surface area contributed by atoms with E-state index in [4.69, 9.17) is 0 Å². The highest BCUT2D eigenvalue weighted by Gasteiger charge is 2.15. The van der Waals surface area contributed by atoms with Crippen LogP contribution < -0.4 is 5.32 Å². The standard InChI is InChI=1S/C21H19N5OS/c1-15(18-13-7-9-16-8-5-6-12-19(16)18)22-20(27)14-28-21-23-24-25-26(21)17-10-3-2-4-11-17/h2-13,15H,14H2,1H3,(H,22,27). The molecular formula is C21H19N5OS. The number of rotatable bonds is 6. The van der Waals surface area contributed by atoms with Gasteiger partial charge in [-0.3, -0.25) is 4.79 Å². The number of aromatic nitrogens is 4. The number of nitrogens with one attached hydrogen (secondary N) is 1. The first-order valence-electron chi connectivity index (χ1n) is 8.96. The number of carbonyl (C=O) groups excluding carboxylic acids is 1. The van der Waals surface area contributed by atoms with Crippen LogP contribution in [0, 0.1) is 0 Å². The molecule has 4 aromatic rings. The predicted molar refractivity (Wildman–Crippen MR) is 110 cm³/mol. The minimum Gasteiger partial charge on any atom is -0.349 e. The van der Waals surface area contributed by atoms with E-state index in [1.54, 1.807) is 4.68 Å². The number of amides is 1. The second-order valence-electron chi connectivity index (χ2n) is 6.36. The average Bonchev–Trinajstić information content (AvgIpc) is 3.21. The molecule has 1 aromatic heterocycles. The number of hydrogen-bond acceptors (Lipinski definition) is 5. The summed E-state index contributed by atoms with van der Waals surface area (Å²) in [4.78, 5) is 12.5. The Bertz CT molecular complexity index is 1090. The van der Waals surface area contributed by atoms with E-state index in [-0.39, 0.29) is 17.7 Å². The molecule has 7 heteroatoms. The van der Waals surface area contributed by atoms with Crippen LogP contribution in [-0.4, -0.2) is 31.9 Å². The molecule has 0 fully saturated rings. The third-order valence-corrected chi connectivity index (χ3v) is 5.36. The van der Waals surface area contributed by atoms with Crippen molar-refractivity contribution in [2.75, 3.05) is 5.75 Å². The Hall–Kier alpha value is -3.19. The van der Waals surface area contributed by atoms with Crippen LogP contribution >= 0.6 is 11.8 Å². The Morgan fingerprint density at radius 3 is 2.64 bits per heavy atom. The SMILES string of the molecule is CC(NC(=O)CSc1nnnn1-c1ccccc1)c1cccc2ccccc12. The molecule has 1 amide bonds. The van der Waals surface area contributed by atoms with Crippen LogP contribution in [0.15, 0.2) is 78.0 Å². The van der Waals surface area contributed by atoms with Crippen LogP contribution in [0.3, 0.4) is 0 Å². The zero-order valence-corrected chi connectivity index (χ0v) is 16.1. The summed E-state index contributed by atoms with van der Waals surface area (Å²) in [5.74, 6) is 0.176. The number of benzene rings is 3. The van der Waals surface area contributed by atoms with Gasteiger partial charge in [0.1, 0.15) is 0 Å². The van der Waals surface area contributed by atoms with Gasteiger partial charge < -0.3 is 5.32 Å². The van der Waals surface area contributed by atoms with E-state index >= 15 is 0 Å². The molecule has 3 aromatic carbocycles. The Morgan fingerprint density at radius 1 is 1.04 bits per heavy atom. The van der Waals surface area contributed by atoms with E-state index in [9.17, 15) is 4.79 Å². The van der Waals surface area contributed by atoms with Gasteiger partial charge in [-0.1, -0.05) is 72.4 Å². The lowest BCUT2D eigenvalue weighted by Crippen LogP contribution is -2.28. The van der Waals surface area contributed by atoms with E-state index in [1.165, 1.54) is 11.8 Å². The zero-order chi connectivity index (χ0) is 19.3. The highest BCUT2D eigenvalue weighted by atomic mass is 32.2. The number of hydrogen-bond donors (Lipinski definition) is 1. The summed E-state index contributed by atoms with van der Waals surface area (Å²) in [6.45, 7) is 2.00. The van der Waals surface area contributed by atoms with Crippen LogP contribution in [-0.2, 0) is 4.79 Å². The summed E-state index contributed by atoms with van der Waals surface area (Å²) in [5, 5.41) is 17.7. The molecule has 1 N–H and O–H groups in total. The highest BCUT2D eigenvalue weighted by Crippen LogP contribution is 2.24. The molecule has 1 unspecified atom stereocenters. The van der Waals surface area contributed by atoms with Gasteiger partial charge in [0.2, 0.25) is 11.1 Å². The molecule has 1 heterocycles. The van der Waals surface area contributed by atoms with Crippen LogP contribution in [0.1, 0.15) is 18.5 Å². The minimum absolute atomic E-state index is 0.0620. The van der Waals surface area contributed by atoms with Gasteiger partial charge in [-0.05, 0) is 45.8 Å². The lowest BCUT2D eigenvalue weighted by molar-refractivity contribution is -0.119. The fourth-order valence-corrected chi connectivity index (χ4v) is 3.82. The number of tetrazole rings is 1. The molecule has 0 saturated carbocycles. The maximum absolute atomic E-state index is 12.5. The smallest absolute Gasteiger partial charge is 0.230 e. The average molecular weight is 389 g/mol. The van der Waals surface area contributed by atoms with Gasteiger partial charge in [0.15, 0.2) is 0 Å². The third kappa shape index (κ3) is 3.89. The molecule has 0 radical (unpaired) electrons. The summed E-state index contributed by atoms with van der Waals surface area (Å²) in [6, 6.07) is 23.9. The summed E-state index contributed by atoms with van der Waals surface area (Å²) < 4.78 is 1.63. The Labute approximate surface area is 167 Å². The Kier molecular flexibility index (Phi) is 5.34. The first kappa shape index (κ1) is 18.2. The second kappa shape index (κ2) is 8.22. The summed E-state index contributed by atoms with van der Waals surface area (Å²) in [7, 11) is 0. The molecule has 28 heavy (non-hydrogen) atoms. The molecule has 6 nitrogen and oxygen atoms in total. The van der Waals surface area contributed by atoms with Crippen molar-refractivity contribution >= 4 is 28.4 Å². The molecule has 1 atom stereocenters. The van der Waals surface area contributed by atoms with Crippen LogP contribution in [0.25, 0.3) is 16.5 Å². The largest absolute Gasteiger partial charge is 0.349 e. The molecule has 0 saturated heterocycles. The monoisotopic (exact) mass is 389 g/mol. The molecule has 0 aliphatic rings. The molecule has 0 bridgehead atoms. The first-order chi connectivity index (χ1) is 13.7. The number of nitrogens with zero attached hydrogens (tertiary/aromatic N) is 4. The van der Waals surface area contributed by atoms with Crippen molar-refractivity contribution in [3.05, 3.63) is 78.4 Å². The Morgan fingerprint density at radius 2 is 1.79 bits per heavy atom. The maximum atomic E-state index is 12.5. The first-order valence-corrected chi connectivity index (χ1v) is 9.94. The molecule has 0 spiro atoms. The lowest BCUT2D eigenvalue weighted by Gasteiger charge is -2.16. The fourth-order valence-electron chi connectivity index (χ4n) is 3.12. The molecule has 140 valence electrons. The van der Waals surface area contributed by atoms with Gasteiger partial charge in [0.05, 0.1) is 17.5 Å². The maximum Gasteiger partial charge on any atom is 0.230 e.